The van der Waals surface area contributed by atoms with Crippen LogP contribution in [0.5, 0.6) is 0 Å². The van der Waals surface area contributed by atoms with Crippen LogP contribution >= 0.6 is 11.8 Å². The molecule has 0 radical (unpaired) electrons. The Morgan fingerprint density at radius 2 is 2.08 bits per heavy atom. The molecule has 2 atom stereocenters. The number of thioether (sulfide) groups is 1. The minimum atomic E-state index is 0.844. The van der Waals surface area contributed by atoms with E-state index in [1.165, 1.54) is 45.1 Å². The van der Waals surface area contributed by atoms with Crippen LogP contribution in [0.4, 0.5) is 0 Å². The molecule has 2 unspecified atom stereocenters. The molecule has 76 valence electrons. The van der Waals surface area contributed by atoms with Gasteiger partial charge in [-0.1, -0.05) is 12.8 Å². The van der Waals surface area contributed by atoms with Gasteiger partial charge in [0, 0.05) is 11.3 Å². The van der Waals surface area contributed by atoms with E-state index in [0.717, 1.165) is 17.2 Å². The molecule has 0 aromatic heterocycles. The zero-order valence-electron chi connectivity index (χ0n) is 8.59. The van der Waals surface area contributed by atoms with Crippen molar-refractivity contribution in [2.75, 3.05) is 12.8 Å². The topological polar surface area (TPSA) is 12.0 Å². The fourth-order valence-electron chi connectivity index (χ4n) is 2.24. The maximum absolute atomic E-state index is 3.70. The zero-order chi connectivity index (χ0) is 9.10. The van der Waals surface area contributed by atoms with Crippen LogP contribution in [0.25, 0.3) is 0 Å². The quantitative estimate of drug-likeness (QED) is 0.730. The lowest BCUT2D eigenvalue weighted by atomic mass is 10.2. The summed E-state index contributed by atoms with van der Waals surface area (Å²) in [6.45, 7) is 1.27. The van der Waals surface area contributed by atoms with Gasteiger partial charge in [-0.3, -0.25) is 0 Å². The molecule has 0 amide bonds. The fourth-order valence-corrected chi connectivity index (χ4v) is 3.03. The highest BCUT2D eigenvalue weighted by molar-refractivity contribution is 7.99. The summed E-state index contributed by atoms with van der Waals surface area (Å²) in [7, 11) is 0. The molecule has 1 nitrogen and oxygen atoms in total. The lowest BCUT2D eigenvalue weighted by molar-refractivity contribution is 0.503. The van der Waals surface area contributed by atoms with E-state index >= 15 is 0 Å². The van der Waals surface area contributed by atoms with E-state index in [1.807, 2.05) is 11.8 Å². The van der Waals surface area contributed by atoms with E-state index in [2.05, 4.69) is 11.6 Å². The molecule has 0 spiro atoms. The first-order valence-electron chi connectivity index (χ1n) is 5.64. The molecule has 0 saturated heterocycles. The summed E-state index contributed by atoms with van der Waals surface area (Å²) in [4.78, 5) is 0. The Labute approximate surface area is 86.0 Å². The first kappa shape index (κ1) is 9.85. The van der Waals surface area contributed by atoms with Crippen molar-refractivity contribution in [2.24, 2.45) is 5.92 Å². The predicted molar refractivity (Wildman–Crippen MR) is 60.3 cm³/mol. The number of nitrogens with one attached hydrogen (secondary N) is 1. The Bertz CT molecular complexity index is 156. The summed E-state index contributed by atoms with van der Waals surface area (Å²) in [5.41, 5.74) is 0. The summed E-state index contributed by atoms with van der Waals surface area (Å²) in [5.74, 6) is 1.09. The molecule has 2 aliphatic carbocycles. The molecule has 0 aromatic rings. The summed E-state index contributed by atoms with van der Waals surface area (Å²) in [6.07, 6.45) is 10.9. The zero-order valence-corrected chi connectivity index (χ0v) is 9.41. The normalized spacial score (nSPS) is 33.9. The van der Waals surface area contributed by atoms with Crippen molar-refractivity contribution < 1.29 is 0 Å². The van der Waals surface area contributed by atoms with Crippen LogP contribution in [0.1, 0.15) is 38.5 Å². The monoisotopic (exact) mass is 199 g/mol. The Hall–Kier alpha value is 0.310. The van der Waals surface area contributed by atoms with Crippen LogP contribution in [-0.4, -0.2) is 24.1 Å². The average molecular weight is 199 g/mol. The first-order chi connectivity index (χ1) is 6.38. The van der Waals surface area contributed by atoms with Gasteiger partial charge in [-0.05, 0) is 44.4 Å². The molecular weight excluding hydrogens is 178 g/mol. The van der Waals surface area contributed by atoms with Gasteiger partial charge in [0.2, 0.25) is 0 Å². The van der Waals surface area contributed by atoms with E-state index in [9.17, 15) is 0 Å². The molecular formula is C11H21NS. The minimum absolute atomic E-state index is 0.844. The van der Waals surface area contributed by atoms with Crippen LogP contribution in [0.2, 0.25) is 0 Å². The van der Waals surface area contributed by atoms with E-state index in [-0.39, 0.29) is 0 Å². The first-order valence-corrected chi connectivity index (χ1v) is 6.93. The second-order valence-electron chi connectivity index (χ2n) is 4.55. The Kier molecular flexibility index (Phi) is 3.56. The third kappa shape index (κ3) is 3.17. The van der Waals surface area contributed by atoms with Crippen molar-refractivity contribution in [3.8, 4) is 0 Å². The van der Waals surface area contributed by atoms with Crippen LogP contribution in [0, 0.1) is 5.92 Å². The van der Waals surface area contributed by atoms with E-state index in [4.69, 9.17) is 0 Å². The van der Waals surface area contributed by atoms with Crippen molar-refractivity contribution in [3.63, 3.8) is 0 Å². The molecule has 2 rings (SSSR count). The molecule has 1 N–H and O–H groups in total. The van der Waals surface area contributed by atoms with E-state index < -0.39 is 0 Å². The molecule has 2 fully saturated rings. The van der Waals surface area contributed by atoms with Gasteiger partial charge in [0.25, 0.3) is 0 Å². The number of rotatable bonds is 5. The van der Waals surface area contributed by atoms with Gasteiger partial charge in [-0.2, -0.15) is 11.8 Å². The molecule has 0 bridgehead atoms. The highest BCUT2D eigenvalue weighted by Crippen LogP contribution is 2.32. The van der Waals surface area contributed by atoms with Crippen LogP contribution in [-0.2, 0) is 0 Å². The Morgan fingerprint density at radius 3 is 2.69 bits per heavy atom. The van der Waals surface area contributed by atoms with Crippen molar-refractivity contribution in [1.82, 2.24) is 5.32 Å². The van der Waals surface area contributed by atoms with Gasteiger partial charge in [-0.15, -0.1) is 0 Å². The number of hydrogen-bond donors (Lipinski definition) is 1. The van der Waals surface area contributed by atoms with Crippen molar-refractivity contribution >= 4 is 11.8 Å². The molecule has 2 saturated carbocycles. The van der Waals surface area contributed by atoms with Crippen LogP contribution in [0.3, 0.4) is 0 Å². The molecule has 2 heteroatoms. The van der Waals surface area contributed by atoms with Gasteiger partial charge in [0.1, 0.15) is 0 Å². The molecule has 0 aliphatic heterocycles. The summed E-state index contributed by atoms with van der Waals surface area (Å²) in [6, 6.07) is 0.844. The van der Waals surface area contributed by atoms with E-state index in [1.54, 1.807) is 0 Å². The van der Waals surface area contributed by atoms with E-state index in [0.29, 0.717) is 0 Å². The SMILES string of the molecule is CSC1CCC(NCCC2CC2)C1. The second-order valence-corrected chi connectivity index (χ2v) is 5.69. The largest absolute Gasteiger partial charge is 0.314 e. The predicted octanol–water partition coefficient (Wildman–Crippen LogP) is 2.66. The van der Waals surface area contributed by atoms with Gasteiger partial charge in [0.15, 0.2) is 0 Å². The Balaban J connectivity index is 1.54. The molecule has 0 aromatic carbocycles. The second kappa shape index (κ2) is 4.70. The van der Waals surface area contributed by atoms with Gasteiger partial charge in [0.05, 0.1) is 0 Å². The Morgan fingerprint density at radius 1 is 1.23 bits per heavy atom. The summed E-state index contributed by atoms with van der Waals surface area (Å²) in [5, 5.41) is 4.65. The maximum Gasteiger partial charge on any atom is 0.00779 e. The average Bonchev–Trinajstić information content (AvgIpc) is 2.84. The standard InChI is InChI=1S/C11H21NS/c1-13-11-5-4-10(8-11)12-7-6-9-2-3-9/h9-12H,2-8H2,1H3. The van der Waals surface area contributed by atoms with Crippen molar-refractivity contribution in [2.45, 2.75) is 49.8 Å². The maximum atomic E-state index is 3.70. The number of hydrogen-bond acceptors (Lipinski definition) is 2. The van der Waals surface area contributed by atoms with Crippen molar-refractivity contribution in [3.05, 3.63) is 0 Å². The smallest absolute Gasteiger partial charge is 0.00779 e. The van der Waals surface area contributed by atoms with Gasteiger partial charge < -0.3 is 5.32 Å². The molecule has 0 heterocycles. The third-order valence-electron chi connectivity index (χ3n) is 3.40. The van der Waals surface area contributed by atoms with Crippen LogP contribution < -0.4 is 5.32 Å². The summed E-state index contributed by atoms with van der Waals surface area (Å²) >= 11 is 2.05. The minimum Gasteiger partial charge on any atom is -0.314 e. The lowest BCUT2D eigenvalue weighted by Crippen LogP contribution is -2.27. The summed E-state index contributed by atoms with van der Waals surface area (Å²) < 4.78 is 0. The van der Waals surface area contributed by atoms with Crippen molar-refractivity contribution in [1.29, 1.82) is 0 Å². The third-order valence-corrected chi connectivity index (χ3v) is 4.50. The molecule has 2 aliphatic rings. The highest BCUT2D eigenvalue weighted by atomic mass is 32.2. The van der Waals surface area contributed by atoms with Gasteiger partial charge in [-0.25, -0.2) is 0 Å². The van der Waals surface area contributed by atoms with Crippen LogP contribution in [0.15, 0.2) is 0 Å². The highest BCUT2D eigenvalue weighted by Gasteiger charge is 2.24. The fraction of sp³-hybridized carbons (Fsp3) is 1.00. The molecule has 13 heavy (non-hydrogen) atoms. The lowest BCUT2D eigenvalue weighted by Gasteiger charge is -2.11. The van der Waals surface area contributed by atoms with Gasteiger partial charge >= 0.3 is 0 Å².